The Hall–Kier alpha value is -0.553. The summed E-state index contributed by atoms with van der Waals surface area (Å²) < 4.78 is 11.2. The van der Waals surface area contributed by atoms with Crippen LogP contribution in [0.2, 0.25) is 18.1 Å². The molecule has 1 atom stereocenters. The van der Waals surface area contributed by atoms with Gasteiger partial charge in [-0.2, -0.15) is 0 Å². The fourth-order valence-electron chi connectivity index (χ4n) is 1.54. The standard InChI is InChI=1S/C12H25NO3Si/c1-7-13-10(8-15-11(13)14)9-16-17(5,6)12(2,3)4/h10H,7-9H2,1-6H3/t10-/m1/s1. The van der Waals surface area contributed by atoms with Gasteiger partial charge in [0.1, 0.15) is 6.61 Å². The summed E-state index contributed by atoms with van der Waals surface area (Å²) in [4.78, 5) is 13.1. The molecule has 0 aromatic rings. The highest BCUT2D eigenvalue weighted by molar-refractivity contribution is 6.74. The highest BCUT2D eigenvalue weighted by atomic mass is 28.4. The van der Waals surface area contributed by atoms with Gasteiger partial charge in [0, 0.05) is 6.54 Å². The predicted octanol–water partition coefficient (Wildman–Crippen LogP) is 2.85. The maximum absolute atomic E-state index is 11.4. The third-order valence-corrected chi connectivity index (χ3v) is 8.36. The zero-order valence-electron chi connectivity index (χ0n) is 11.9. The van der Waals surface area contributed by atoms with E-state index < -0.39 is 8.32 Å². The van der Waals surface area contributed by atoms with Crippen molar-refractivity contribution in [3.05, 3.63) is 0 Å². The lowest BCUT2D eigenvalue weighted by Crippen LogP contribution is -2.45. The van der Waals surface area contributed by atoms with Crippen LogP contribution in [0.25, 0.3) is 0 Å². The monoisotopic (exact) mass is 259 g/mol. The number of hydrogen-bond donors (Lipinski definition) is 0. The number of ether oxygens (including phenoxy) is 1. The van der Waals surface area contributed by atoms with Gasteiger partial charge in [-0.15, -0.1) is 0 Å². The average Bonchev–Trinajstić information content (AvgIpc) is 2.54. The van der Waals surface area contributed by atoms with Crippen LogP contribution in [0.1, 0.15) is 27.7 Å². The SMILES string of the molecule is CCN1C(=O)OC[C@@H]1CO[Si](C)(C)C(C)(C)C. The summed E-state index contributed by atoms with van der Waals surface area (Å²) in [6.45, 7) is 14.8. The minimum Gasteiger partial charge on any atom is -0.447 e. The van der Waals surface area contributed by atoms with Gasteiger partial charge in [-0.3, -0.25) is 4.90 Å². The molecule has 0 aromatic carbocycles. The first-order valence-electron chi connectivity index (χ1n) is 6.26. The Morgan fingerprint density at radius 2 is 2.06 bits per heavy atom. The summed E-state index contributed by atoms with van der Waals surface area (Å²) in [5.74, 6) is 0. The first-order chi connectivity index (χ1) is 7.69. The molecule has 17 heavy (non-hydrogen) atoms. The van der Waals surface area contributed by atoms with Crippen molar-refractivity contribution in [2.45, 2.75) is 51.9 Å². The van der Waals surface area contributed by atoms with E-state index in [1.165, 1.54) is 0 Å². The van der Waals surface area contributed by atoms with Crippen LogP contribution >= 0.6 is 0 Å². The second kappa shape index (κ2) is 4.98. The lowest BCUT2D eigenvalue weighted by Gasteiger charge is -2.37. The smallest absolute Gasteiger partial charge is 0.410 e. The van der Waals surface area contributed by atoms with Gasteiger partial charge in [0.15, 0.2) is 8.32 Å². The van der Waals surface area contributed by atoms with Crippen LogP contribution in [0.3, 0.4) is 0 Å². The molecule has 4 nitrogen and oxygen atoms in total. The lowest BCUT2D eigenvalue weighted by atomic mass is 10.2. The molecule has 1 rings (SSSR count). The Bertz CT molecular complexity index is 286. The van der Waals surface area contributed by atoms with Gasteiger partial charge < -0.3 is 9.16 Å². The van der Waals surface area contributed by atoms with E-state index in [1.807, 2.05) is 6.92 Å². The summed E-state index contributed by atoms with van der Waals surface area (Å²) in [6.07, 6.45) is -0.212. The summed E-state index contributed by atoms with van der Waals surface area (Å²) in [5.41, 5.74) is 0. The molecule has 0 saturated carbocycles. The van der Waals surface area contributed by atoms with Crippen LogP contribution in [0.5, 0.6) is 0 Å². The molecule has 0 bridgehead atoms. The number of carbonyl (C=O) groups is 1. The predicted molar refractivity (Wildman–Crippen MR) is 70.7 cm³/mol. The Morgan fingerprint density at radius 1 is 1.47 bits per heavy atom. The normalized spacial score (nSPS) is 21.9. The number of amides is 1. The van der Waals surface area contributed by atoms with Gasteiger partial charge in [0.25, 0.3) is 0 Å². The second-order valence-electron chi connectivity index (χ2n) is 6.09. The van der Waals surface area contributed by atoms with E-state index in [-0.39, 0.29) is 17.2 Å². The van der Waals surface area contributed by atoms with Crippen molar-refractivity contribution in [1.82, 2.24) is 4.90 Å². The molecule has 0 spiro atoms. The zero-order valence-corrected chi connectivity index (χ0v) is 12.9. The Labute approximate surface area is 105 Å². The highest BCUT2D eigenvalue weighted by Gasteiger charge is 2.39. The number of cyclic esters (lactones) is 1. The fraction of sp³-hybridized carbons (Fsp3) is 0.917. The molecule has 0 unspecified atom stereocenters. The van der Waals surface area contributed by atoms with E-state index in [2.05, 4.69) is 33.9 Å². The zero-order chi connectivity index (χ0) is 13.3. The third-order valence-electron chi connectivity index (χ3n) is 3.86. The molecular weight excluding hydrogens is 234 g/mol. The largest absolute Gasteiger partial charge is 0.447 e. The Balaban J connectivity index is 2.54. The van der Waals surface area contributed by atoms with Crippen molar-refractivity contribution in [3.8, 4) is 0 Å². The second-order valence-corrected chi connectivity index (χ2v) is 10.9. The molecule has 1 heterocycles. The van der Waals surface area contributed by atoms with E-state index in [0.29, 0.717) is 19.8 Å². The van der Waals surface area contributed by atoms with Crippen molar-refractivity contribution in [3.63, 3.8) is 0 Å². The number of likely N-dealkylation sites (N-methyl/N-ethyl adjacent to an activating group) is 1. The fourth-order valence-corrected chi connectivity index (χ4v) is 2.58. The van der Waals surface area contributed by atoms with E-state index in [4.69, 9.17) is 9.16 Å². The molecule has 1 aliphatic heterocycles. The third kappa shape index (κ3) is 3.22. The van der Waals surface area contributed by atoms with Crippen molar-refractivity contribution >= 4 is 14.4 Å². The Morgan fingerprint density at radius 3 is 2.53 bits per heavy atom. The van der Waals surface area contributed by atoms with E-state index in [1.54, 1.807) is 4.90 Å². The maximum Gasteiger partial charge on any atom is 0.410 e. The number of carbonyl (C=O) groups excluding carboxylic acids is 1. The summed E-state index contributed by atoms with van der Waals surface area (Å²) >= 11 is 0. The summed E-state index contributed by atoms with van der Waals surface area (Å²) in [5, 5.41) is 0.202. The molecule has 5 heteroatoms. The molecular formula is C12H25NO3Si. The molecule has 1 amide bonds. The first-order valence-corrected chi connectivity index (χ1v) is 9.17. The minimum atomic E-state index is -1.73. The molecule has 1 saturated heterocycles. The van der Waals surface area contributed by atoms with Crippen LogP contribution in [0.15, 0.2) is 0 Å². The van der Waals surface area contributed by atoms with E-state index >= 15 is 0 Å². The number of nitrogens with zero attached hydrogens (tertiary/aromatic N) is 1. The molecule has 1 aliphatic rings. The average molecular weight is 259 g/mol. The van der Waals surface area contributed by atoms with Crippen molar-refractivity contribution in [1.29, 1.82) is 0 Å². The van der Waals surface area contributed by atoms with Gasteiger partial charge in [-0.1, -0.05) is 20.8 Å². The van der Waals surface area contributed by atoms with Crippen molar-refractivity contribution in [2.24, 2.45) is 0 Å². The Kier molecular flexibility index (Phi) is 4.25. The van der Waals surface area contributed by atoms with Crippen molar-refractivity contribution < 1.29 is 14.0 Å². The van der Waals surface area contributed by atoms with Crippen LogP contribution < -0.4 is 0 Å². The maximum atomic E-state index is 11.4. The number of hydrogen-bond acceptors (Lipinski definition) is 3. The minimum absolute atomic E-state index is 0.0848. The lowest BCUT2D eigenvalue weighted by molar-refractivity contribution is 0.156. The van der Waals surface area contributed by atoms with Crippen molar-refractivity contribution in [2.75, 3.05) is 19.8 Å². The van der Waals surface area contributed by atoms with Crippen LogP contribution in [-0.2, 0) is 9.16 Å². The highest BCUT2D eigenvalue weighted by Crippen LogP contribution is 2.36. The topological polar surface area (TPSA) is 38.8 Å². The van der Waals surface area contributed by atoms with E-state index in [9.17, 15) is 4.79 Å². The van der Waals surface area contributed by atoms with Gasteiger partial charge in [0.2, 0.25) is 0 Å². The van der Waals surface area contributed by atoms with E-state index in [0.717, 1.165) is 0 Å². The molecule has 0 aliphatic carbocycles. The molecule has 0 N–H and O–H groups in total. The first kappa shape index (κ1) is 14.5. The summed E-state index contributed by atoms with van der Waals surface area (Å²) in [6, 6.07) is 0.0848. The van der Waals surface area contributed by atoms with Crippen LogP contribution in [0, 0.1) is 0 Å². The molecule has 1 fully saturated rings. The van der Waals surface area contributed by atoms with Gasteiger partial charge >= 0.3 is 6.09 Å². The molecule has 0 aromatic heterocycles. The quantitative estimate of drug-likeness (QED) is 0.729. The van der Waals surface area contributed by atoms with Crippen LogP contribution in [-0.4, -0.2) is 45.1 Å². The molecule has 100 valence electrons. The summed E-state index contributed by atoms with van der Waals surface area (Å²) in [7, 11) is -1.73. The van der Waals surface area contributed by atoms with Crippen LogP contribution in [0.4, 0.5) is 4.79 Å². The number of rotatable bonds is 4. The van der Waals surface area contributed by atoms with Gasteiger partial charge in [-0.25, -0.2) is 4.79 Å². The molecule has 0 radical (unpaired) electrons. The van der Waals surface area contributed by atoms with Gasteiger partial charge in [-0.05, 0) is 25.1 Å². The van der Waals surface area contributed by atoms with Gasteiger partial charge in [0.05, 0.1) is 12.6 Å².